The zero-order valence-corrected chi connectivity index (χ0v) is 26.2. The monoisotopic (exact) mass is 629 g/mol. The van der Waals surface area contributed by atoms with Gasteiger partial charge in [0.1, 0.15) is 0 Å². The van der Waals surface area contributed by atoms with Gasteiger partial charge < -0.3 is 4.74 Å². The molecule has 2 amide bonds. The second-order valence-corrected chi connectivity index (χ2v) is 12.4. The number of fused-ring (bicyclic) bond motifs is 5. The number of esters is 1. The van der Waals surface area contributed by atoms with Crippen LogP contribution in [0.3, 0.4) is 0 Å². The third-order valence-electron chi connectivity index (χ3n) is 10.2. The minimum absolute atomic E-state index is 0.113. The molecule has 2 fully saturated rings. The summed E-state index contributed by atoms with van der Waals surface area (Å²) in [5, 5.41) is 0. The molecule has 0 radical (unpaired) electrons. The first-order chi connectivity index (χ1) is 23.5. The molecule has 48 heavy (non-hydrogen) atoms. The van der Waals surface area contributed by atoms with Gasteiger partial charge >= 0.3 is 5.97 Å². The maximum Gasteiger partial charge on any atom is 0.340 e. The Morgan fingerprint density at radius 1 is 0.583 bits per heavy atom. The first kappa shape index (κ1) is 29.5. The lowest BCUT2D eigenvalue weighted by Gasteiger charge is -2.39. The molecule has 1 aliphatic heterocycles. The molecule has 234 valence electrons. The van der Waals surface area contributed by atoms with Gasteiger partial charge in [-0.05, 0) is 52.5 Å². The minimum atomic E-state index is -1.52. The number of carbonyl (C=O) groups is 4. The Balaban J connectivity index is 1.52. The summed E-state index contributed by atoms with van der Waals surface area (Å²) in [6.07, 6.45) is 0. The van der Waals surface area contributed by atoms with Crippen LogP contribution in [0.5, 0.6) is 0 Å². The lowest BCUT2D eigenvalue weighted by Crippen LogP contribution is -2.46. The van der Waals surface area contributed by atoms with Gasteiger partial charge in [-0.15, -0.1) is 0 Å². The number of para-hydroxylation sites is 1. The molecule has 1 saturated carbocycles. The highest BCUT2D eigenvalue weighted by Gasteiger charge is 2.82. The number of hydrogen-bond acceptors (Lipinski definition) is 5. The maximum atomic E-state index is 15.9. The second kappa shape index (κ2) is 11.1. The van der Waals surface area contributed by atoms with Crippen LogP contribution >= 0.6 is 0 Å². The number of nitrogens with zero attached hydrogens (tertiary/aromatic N) is 1. The van der Waals surface area contributed by atoms with E-state index >= 15 is 14.4 Å². The molecule has 8 rings (SSSR count). The van der Waals surface area contributed by atoms with Crippen LogP contribution in [0.1, 0.15) is 39.5 Å². The first-order valence-electron chi connectivity index (χ1n) is 16.1. The number of rotatable bonds is 7. The van der Waals surface area contributed by atoms with Crippen molar-refractivity contribution in [1.82, 2.24) is 0 Å². The molecular formula is C42H31NO5. The number of anilines is 1. The third kappa shape index (κ3) is 3.74. The predicted molar refractivity (Wildman–Crippen MR) is 183 cm³/mol. The van der Waals surface area contributed by atoms with Crippen molar-refractivity contribution < 1.29 is 23.9 Å². The summed E-state index contributed by atoms with van der Waals surface area (Å²) in [6.45, 7) is 1.84. The summed E-state index contributed by atoms with van der Waals surface area (Å²) in [7, 11) is 0. The van der Waals surface area contributed by atoms with E-state index in [-0.39, 0.29) is 23.6 Å². The standard InChI is InChI=1S/C42H31NO5/c1-2-48-39(46)31-25-15-16-26-32(31)43-37(44)35-36(38(43)45)42(30-23-13-6-14-24-30)34(28-19-9-4-10-20-28)33(27-17-7-3-8-18-27)41(35,40(42)47)29-21-11-5-12-22-29/h3-26,35-36H,2H2,1H3/t35-,36-,41-,42-/m0/s1. The van der Waals surface area contributed by atoms with Gasteiger partial charge in [-0.3, -0.25) is 14.4 Å². The van der Waals surface area contributed by atoms with Crippen LogP contribution in [0.25, 0.3) is 11.1 Å². The zero-order chi connectivity index (χ0) is 33.0. The molecule has 1 saturated heterocycles. The topological polar surface area (TPSA) is 80.8 Å². The van der Waals surface area contributed by atoms with E-state index in [4.69, 9.17) is 4.74 Å². The number of ketones is 1. The third-order valence-corrected chi connectivity index (χ3v) is 10.2. The summed E-state index contributed by atoms with van der Waals surface area (Å²) in [5.41, 5.74) is 1.57. The quantitative estimate of drug-likeness (QED) is 0.142. The molecular weight excluding hydrogens is 598 g/mol. The number of ether oxygens (including phenoxy) is 1. The van der Waals surface area contributed by atoms with Crippen LogP contribution in [0.15, 0.2) is 146 Å². The molecule has 0 unspecified atom stereocenters. The molecule has 0 aromatic heterocycles. The summed E-state index contributed by atoms with van der Waals surface area (Å²) < 4.78 is 5.34. The molecule has 4 atom stereocenters. The fraction of sp³-hybridized carbons (Fsp3) is 0.143. The predicted octanol–water partition coefficient (Wildman–Crippen LogP) is 7.05. The Bertz CT molecular complexity index is 2010. The largest absolute Gasteiger partial charge is 0.462 e. The fourth-order valence-electron chi connectivity index (χ4n) is 8.62. The van der Waals surface area contributed by atoms with Gasteiger partial charge in [-0.2, -0.15) is 0 Å². The van der Waals surface area contributed by atoms with Crippen LogP contribution < -0.4 is 4.90 Å². The van der Waals surface area contributed by atoms with Crippen molar-refractivity contribution in [2.24, 2.45) is 11.8 Å². The summed E-state index contributed by atoms with van der Waals surface area (Å²) >= 11 is 0. The Labute approximate surface area is 278 Å². The molecule has 0 spiro atoms. The summed E-state index contributed by atoms with van der Waals surface area (Å²) in [5.74, 6) is -4.03. The number of carbonyl (C=O) groups excluding carboxylic acids is 4. The molecule has 6 heteroatoms. The molecule has 5 aromatic carbocycles. The van der Waals surface area contributed by atoms with Crippen molar-refractivity contribution in [2.75, 3.05) is 11.5 Å². The maximum absolute atomic E-state index is 15.9. The SMILES string of the molecule is CCOC(=O)c1ccccc1N1C(=O)[C@@H]2[C@@H](C1=O)[C@@]1(c3ccccc3)C(=O)[C@@]2(c2ccccc2)C(c2ccccc2)=C1c1ccccc1. The van der Waals surface area contributed by atoms with Gasteiger partial charge in [0, 0.05) is 0 Å². The van der Waals surface area contributed by atoms with E-state index in [2.05, 4.69) is 0 Å². The van der Waals surface area contributed by atoms with Crippen molar-refractivity contribution >= 4 is 40.4 Å². The molecule has 5 aromatic rings. The van der Waals surface area contributed by atoms with Crippen LogP contribution in [-0.4, -0.2) is 30.2 Å². The van der Waals surface area contributed by atoms with Gasteiger partial charge in [0.25, 0.3) is 0 Å². The fourth-order valence-corrected chi connectivity index (χ4v) is 8.62. The number of Topliss-reactive ketones (excluding diaryl/α,β-unsaturated/α-hetero) is 1. The Morgan fingerprint density at radius 3 is 1.42 bits per heavy atom. The summed E-state index contributed by atoms with van der Waals surface area (Å²) in [6, 6.07) is 44.7. The highest BCUT2D eigenvalue weighted by atomic mass is 16.5. The average Bonchev–Trinajstić information content (AvgIpc) is 3.65. The van der Waals surface area contributed by atoms with Crippen molar-refractivity contribution in [1.29, 1.82) is 0 Å². The Hall–Kier alpha value is -5.88. The zero-order valence-electron chi connectivity index (χ0n) is 26.2. The van der Waals surface area contributed by atoms with E-state index in [0.717, 1.165) is 27.2 Å². The Morgan fingerprint density at radius 2 is 0.979 bits per heavy atom. The van der Waals surface area contributed by atoms with Crippen LogP contribution in [0.4, 0.5) is 5.69 Å². The van der Waals surface area contributed by atoms with Gasteiger partial charge in [-0.1, -0.05) is 133 Å². The Kier molecular flexibility index (Phi) is 6.84. The molecule has 6 nitrogen and oxygen atoms in total. The first-order valence-corrected chi connectivity index (χ1v) is 16.1. The van der Waals surface area contributed by atoms with Crippen molar-refractivity contribution in [3.63, 3.8) is 0 Å². The lowest BCUT2D eigenvalue weighted by molar-refractivity contribution is -0.130. The molecule has 2 aliphatic carbocycles. The second-order valence-electron chi connectivity index (χ2n) is 12.4. The van der Waals surface area contributed by atoms with E-state index in [9.17, 15) is 4.79 Å². The van der Waals surface area contributed by atoms with Gasteiger partial charge in [-0.25, -0.2) is 9.69 Å². The van der Waals surface area contributed by atoms with Crippen LogP contribution in [0, 0.1) is 11.8 Å². The van der Waals surface area contributed by atoms with Crippen LogP contribution in [-0.2, 0) is 30.0 Å². The van der Waals surface area contributed by atoms with Crippen molar-refractivity contribution in [2.45, 2.75) is 17.8 Å². The molecule has 3 aliphatic rings. The van der Waals surface area contributed by atoms with E-state index in [1.54, 1.807) is 31.2 Å². The van der Waals surface area contributed by atoms with Crippen LogP contribution in [0.2, 0.25) is 0 Å². The van der Waals surface area contributed by atoms with E-state index in [1.807, 2.05) is 121 Å². The average molecular weight is 630 g/mol. The van der Waals surface area contributed by atoms with E-state index in [1.165, 1.54) is 0 Å². The van der Waals surface area contributed by atoms with E-state index < -0.39 is 40.4 Å². The normalized spacial score (nSPS) is 24.3. The molecule has 1 heterocycles. The highest BCUT2D eigenvalue weighted by Crippen LogP contribution is 2.74. The molecule has 0 N–H and O–H groups in total. The van der Waals surface area contributed by atoms with E-state index in [0.29, 0.717) is 11.1 Å². The van der Waals surface area contributed by atoms with Crippen molar-refractivity contribution in [3.8, 4) is 0 Å². The number of benzene rings is 5. The number of imide groups is 1. The smallest absolute Gasteiger partial charge is 0.340 e. The van der Waals surface area contributed by atoms with Crippen molar-refractivity contribution in [3.05, 3.63) is 173 Å². The van der Waals surface area contributed by atoms with Gasteiger partial charge in [0.15, 0.2) is 5.78 Å². The van der Waals surface area contributed by atoms with Gasteiger partial charge in [0.2, 0.25) is 11.8 Å². The number of allylic oxidation sites excluding steroid dienone is 2. The number of hydrogen-bond donors (Lipinski definition) is 0. The molecule has 2 bridgehead atoms. The van der Waals surface area contributed by atoms with Gasteiger partial charge in [0.05, 0.1) is 40.5 Å². The lowest BCUT2D eigenvalue weighted by atomic mass is 9.59. The highest BCUT2D eigenvalue weighted by molar-refractivity contribution is 6.39. The minimum Gasteiger partial charge on any atom is -0.462 e. The summed E-state index contributed by atoms with van der Waals surface area (Å²) in [4.78, 5) is 60.7. The number of amides is 2.